The third-order valence-corrected chi connectivity index (χ3v) is 2.53. The minimum Gasteiger partial charge on any atom is -0.395 e. The number of benzene rings is 1. The predicted molar refractivity (Wildman–Crippen MR) is 77.2 cm³/mol. The van der Waals surface area contributed by atoms with E-state index in [2.05, 4.69) is 22.1 Å². The zero-order valence-electron chi connectivity index (χ0n) is 10.8. The molecule has 2 aromatic rings. The summed E-state index contributed by atoms with van der Waals surface area (Å²) in [5.74, 6) is 5.58. The highest BCUT2D eigenvalue weighted by Crippen LogP contribution is 2.11. The van der Waals surface area contributed by atoms with Crippen LogP contribution in [0.15, 0.2) is 48.8 Å². The van der Waals surface area contributed by atoms with Crippen LogP contribution in [0.4, 0.5) is 5.69 Å². The summed E-state index contributed by atoms with van der Waals surface area (Å²) in [6.07, 6.45) is 3.59. The van der Waals surface area contributed by atoms with Gasteiger partial charge in [-0.25, -0.2) is 0 Å². The fourth-order valence-corrected chi connectivity index (χ4v) is 1.60. The van der Waals surface area contributed by atoms with E-state index in [4.69, 9.17) is 5.11 Å². The fourth-order valence-electron chi connectivity index (χ4n) is 1.60. The van der Waals surface area contributed by atoms with Crippen molar-refractivity contribution < 1.29 is 9.90 Å². The molecular formula is C16H14N2O2. The van der Waals surface area contributed by atoms with E-state index < -0.39 is 0 Å². The molecule has 0 fully saturated rings. The first-order chi connectivity index (χ1) is 9.79. The van der Waals surface area contributed by atoms with E-state index in [9.17, 15) is 4.79 Å². The molecule has 2 rings (SSSR count). The number of carbonyl (C=O) groups is 1. The van der Waals surface area contributed by atoms with Gasteiger partial charge in [-0.05, 0) is 30.3 Å². The van der Waals surface area contributed by atoms with E-state index in [1.165, 1.54) is 0 Å². The van der Waals surface area contributed by atoms with Crippen molar-refractivity contribution in [2.75, 3.05) is 11.9 Å². The van der Waals surface area contributed by atoms with Crippen molar-refractivity contribution in [2.24, 2.45) is 0 Å². The molecule has 100 valence electrons. The lowest BCUT2D eigenvalue weighted by atomic mass is 10.2. The van der Waals surface area contributed by atoms with Crippen LogP contribution in [0.1, 0.15) is 22.3 Å². The molecule has 0 saturated carbocycles. The van der Waals surface area contributed by atoms with Gasteiger partial charge in [0.05, 0.1) is 6.61 Å². The van der Waals surface area contributed by atoms with Gasteiger partial charge in [0, 0.05) is 35.6 Å². The molecule has 4 nitrogen and oxygen atoms in total. The Hall–Kier alpha value is -2.64. The summed E-state index contributed by atoms with van der Waals surface area (Å²) in [5, 5.41) is 11.5. The number of hydrogen-bond acceptors (Lipinski definition) is 3. The second kappa shape index (κ2) is 7.07. The van der Waals surface area contributed by atoms with Crippen molar-refractivity contribution in [2.45, 2.75) is 6.42 Å². The van der Waals surface area contributed by atoms with Crippen LogP contribution in [-0.2, 0) is 0 Å². The number of rotatable bonds is 3. The predicted octanol–water partition coefficient (Wildman–Crippen LogP) is 2.07. The van der Waals surface area contributed by atoms with Crippen LogP contribution in [0.2, 0.25) is 0 Å². The van der Waals surface area contributed by atoms with Gasteiger partial charge in [0.1, 0.15) is 0 Å². The highest BCUT2D eigenvalue weighted by molar-refractivity contribution is 6.04. The van der Waals surface area contributed by atoms with Crippen molar-refractivity contribution >= 4 is 11.6 Å². The first kappa shape index (κ1) is 13.8. The summed E-state index contributed by atoms with van der Waals surface area (Å²) < 4.78 is 0. The maximum Gasteiger partial charge on any atom is 0.255 e. The minimum atomic E-state index is -0.187. The van der Waals surface area contributed by atoms with Crippen molar-refractivity contribution in [1.82, 2.24) is 4.98 Å². The summed E-state index contributed by atoms with van der Waals surface area (Å²) in [6.45, 7) is 0.0471. The van der Waals surface area contributed by atoms with Gasteiger partial charge in [-0.15, -0.1) is 0 Å². The molecule has 20 heavy (non-hydrogen) atoms. The monoisotopic (exact) mass is 266 g/mol. The van der Waals surface area contributed by atoms with Crippen LogP contribution in [0.3, 0.4) is 0 Å². The van der Waals surface area contributed by atoms with E-state index in [1.54, 1.807) is 36.7 Å². The lowest BCUT2D eigenvalue weighted by Crippen LogP contribution is -2.11. The summed E-state index contributed by atoms with van der Waals surface area (Å²) in [5.41, 5.74) is 2.03. The Bertz CT molecular complexity index is 642. The molecular weight excluding hydrogens is 252 g/mol. The van der Waals surface area contributed by atoms with Crippen LogP contribution in [-0.4, -0.2) is 22.6 Å². The summed E-state index contributed by atoms with van der Waals surface area (Å²) in [7, 11) is 0. The Balaban J connectivity index is 2.09. The first-order valence-electron chi connectivity index (χ1n) is 6.21. The summed E-state index contributed by atoms with van der Waals surface area (Å²) in [4.78, 5) is 15.8. The van der Waals surface area contributed by atoms with E-state index in [0.717, 1.165) is 5.56 Å². The largest absolute Gasteiger partial charge is 0.395 e. The number of carbonyl (C=O) groups excluding carboxylic acids is 1. The molecule has 0 bridgehead atoms. The number of nitrogens with one attached hydrogen (secondary N) is 1. The molecule has 1 amide bonds. The average Bonchev–Trinajstić information content (AvgIpc) is 2.49. The molecule has 2 N–H and O–H groups in total. The normalized spacial score (nSPS) is 9.45. The van der Waals surface area contributed by atoms with Gasteiger partial charge in [0.25, 0.3) is 5.91 Å². The fraction of sp³-hybridized carbons (Fsp3) is 0.125. The molecule has 0 saturated heterocycles. The molecule has 0 unspecified atom stereocenters. The molecule has 0 aliphatic carbocycles. The SMILES string of the molecule is O=C(Nc1cccc(C#CCCO)c1)c1ccncc1. The van der Waals surface area contributed by atoms with E-state index >= 15 is 0 Å². The van der Waals surface area contributed by atoms with Gasteiger partial charge in [0.2, 0.25) is 0 Å². The smallest absolute Gasteiger partial charge is 0.255 e. The van der Waals surface area contributed by atoms with Gasteiger partial charge in [-0.3, -0.25) is 9.78 Å². The van der Waals surface area contributed by atoms with Gasteiger partial charge >= 0.3 is 0 Å². The van der Waals surface area contributed by atoms with Crippen LogP contribution in [0.25, 0.3) is 0 Å². The molecule has 0 radical (unpaired) electrons. The van der Waals surface area contributed by atoms with E-state index in [1.807, 2.05) is 12.1 Å². The highest BCUT2D eigenvalue weighted by atomic mass is 16.2. The number of pyridine rings is 1. The maximum atomic E-state index is 12.0. The molecule has 0 atom stereocenters. The number of anilines is 1. The average molecular weight is 266 g/mol. The van der Waals surface area contributed by atoms with Gasteiger partial charge in [0.15, 0.2) is 0 Å². The van der Waals surface area contributed by atoms with Crippen molar-refractivity contribution in [1.29, 1.82) is 0 Å². The minimum absolute atomic E-state index is 0.0471. The lowest BCUT2D eigenvalue weighted by Gasteiger charge is -2.05. The quantitative estimate of drug-likeness (QED) is 0.836. The third-order valence-electron chi connectivity index (χ3n) is 2.53. The number of aliphatic hydroxyl groups is 1. The standard InChI is InChI=1S/C16H14N2O2/c19-11-2-1-4-13-5-3-6-15(12-13)18-16(20)14-7-9-17-10-8-14/h3,5-10,12,19H,2,11H2,(H,18,20). The lowest BCUT2D eigenvalue weighted by molar-refractivity contribution is 0.102. The highest BCUT2D eigenvalue weighted by Gasteiger charge is 2.05. The van der Waals surface area contributed by atoms with E-state index in [-0.39, 0.29) is 12.5 Å². The molecule has 1 aromatic heterocycles. The molecule has 0 aliphatic rings. The molecule has 0 spiro atoms. The first-order valence-corrected chi connectivity index (χ1v) is 6.21. The number of hydrogen-bond donors (Lipinski definition) is 2. The molecule has 0 aliphatic heterocycles. The van der Waals surface area contributed by atoms with Gasteiger partial charge < -0.3 is 10.4 Å². The van der Waals surface area contributed by atoms with Crippen LogP contribution < -0.4 is 5.32 Å². The van der Waals surface area contributed by atoms with Crippen molar-refractivity contribution in [3.8, 4) is 11.8 Å². The van der Waals surface area contributed by atoms with Gasteiger partial charge in [-0.1, -0.05) is 17.9 Å². The van der Waals surface area contributed by atoms with Crippen LogP contribution >= 0.6 is 0 Å². The van der Waals surface area contributed by atoms with Crippen molar-refractivity contribution in [3.05, 3.63) is 59.9 Å². The van der Waals surface area contributed by atoms with Crippen molar-refractivity contribution in [3.63, 3.8) is 0 Å². The van der Waals surface area contributed by atoms with Gasteiger partial charge in [-0.2, -0.15) is 0 Å². The maximum absolute atomic E-state index is 12.0. The summed E-state index contributed by atoms with van der Waals surface area (Å²) in [6, 6.07) is 10.6. The zero-order chi connectivity index (χ0) is 14.2. The molecule has 1 aromatic carbocycles. The second-order valence-corrected chi connectivity index (χ2v) is 4.05. The third kappa shape index (κ3) is 3.94. The Morgan fingerprint density at radius 1 is 1.25 bits per heavy atom. The Labute approximate surface area is 117 Å². The Kier molecular flexibility index (Phi) is 4.87. The molecule has 1 heterocycles. The summed E-state index contributed by atoms with van der Waals surface area (Å²) >= 11 is 0. The number of aromatic nitrogens is 1. The van der Waals surface area contributed by atoms with Crippen LogP contribution in [0, 0.1) is 11.8 Å². The topological polar surface area (TPSA) is 62.2 Å². The zero-order valence-corrected chi connectivity index (χ0v) is 10.8. The number of nitrogens with zero attached hydrogens (tertiary/aromatic N) is 1. The second-order valence-electron chi connectivity index (χ2n) is 4.05. The van der Waals surface area contributed by atoms with Crippen LogP contribution in [0.5, 0.6) is 0 Å². The Morgan fingerprint density at radius 2 is 2.05 bits per heavy atom. The Morgan fingerprint density at radius 3 is 2.80 bits per heavy atom. The van der Waals surface area contributed by atoms with E-state index in [0.29, 0.717) is 17.7 Å². The molecule has 4 heteroatoms. The number of aliphatic hydroxyl groups excluding tert-OH is 1. The number of amides is 1.